The van der Waals surface area contributed by atoms with Crippen LogP contribution in [0.3, 0.4) is 0 Å². The number of rotatable bonds is 13. The standard InChI is InChI=1S/C20H32N10O2/c21-19(25-9-3-5-15-11-23-13-27-15)29-17(31)7-1-2-8-18(32)30-20(22)26-10-4-6-16-12-24-14-28-16/h11-14H,1-10H2,(H,23,27)(H,24,28)(H3,21,25,29,31)(H3,22,26,30,32). The topological polar surface area (TPSA) is 192 Å². The van der Waals surface area contributed by atoms with Gasteiger partial charge in [0.15, 0.2) is 11.9 Å². The molecule has 0 radical (unpaired) electrons. The first-order chi connectivity index (χ1) is 15.5. The van der Waals surface area contributed by atoms with Gasteiger partial charge in [-0.2, -0.15) is 0 Å². The molecule has 0 aromatic carbocycles. The van der Waals surface area contributed by atoms with Gasteiger partial charge >= 0.3 is 0 Å². The lowest BCUT2D eigenvalue weighted by molar-refractivity contribution is -0.121. The molecule has 0 aliphatic heterocycles. The van der Waals surface area contributed by atoms with Crippen molar-refractivity contribution in [3.8, 4) is 0 Å². The van der Waals surface area contributed by atoms with Crippen LogP contribution in [0.1, 0.15) is 49.9 Å². The van der Waals surface area contributed by atoms with Crippen molar-refractivity contribution in [1.29, 1.82) is 0 Å². The molecule has 174 valence electrons. The van der Waals surface area contributed by atoms with E-state index < -0.39 is 0 Å². The van der Waals surface area contributed by atoms with E-state index in [-0.39, 0.29) is 36.6 Å². The average molecular weight is 445 g/mol. The highest BCUT2D eigenvalue weighted by molar-refractivity contribution is 5.96. The van der Waals surface area contributed by atoms with Crippen LogP contribution in [0.5, 0.6) is 0 Å². The third-order valence-corrected chi connectivity index (χ3v) is 4.48. The first-order valence-electron chi connectivity index (χ1n) is 10.7. The molecule has 0 aliphatic carbocycles. The number of carbonyl (C=O) groups is 2. The fourth-order valence-corrected chi connectivity index (χ4v) is 2.84. The van der Waals surface area contributed by atoms with Crippen molar-refractivity contribution in [2.75, 3.05) is 13.1 Å². The maximum Gasteiger partial charge on any atom is 0.226 e. The number of aryl methyl sites for hydroxylation is 2. The predicted octanol–water partition coefficient (Wildman–Crippen LogP) is 0.120. The predicted molar refractivity (Wildman–Crippen MR) is 122 cm³/mol. The van der Waals surface area contributed by atoms with Crippen LogP contribution in [-0.4, -0.2) is 56.8 Å². The van der Waals surface area contributed by atoms with E-state index in [1.807, 2.05) is 0 Å². The highest BCUT2D eigenvalue weighted by Gasteiger charge is 2.06. The Balaban J connectivity index is 1.49. The molecule has 2 heterocycles. The highest BCUT2D eigenvalue weighted by atomic mass is 16.2. The van der Waals surface area contributed by atoms with Crippen molar-refractivity contribution in [2.45, 2.75) is 51.4 Å². The first-order valence-corrected chi connectivity index (χ1v) is 10.7. The lowest BCUT2D eigenvalue weighted by Crippen LogP contribution is -2.37. The van der Waals surface area contributed by atoms with Gasteiger partial charge in [-0.3, -0.25) is 30.2 Å². The van der Waals surface area contributed by atoms with Gasteiger partial charge in [0.1, 0.15) is 0 Å². The number of H-pyrrole nitrogens is 2. The third-order valence-electron chi connectivity index (χ3n) is 4.48. The minimum atomic E-state index is -0.224. The largest absolute Gasteiger partial charge is 0.370 e. The van der Waals surface area contributed by atoms with Gasteiger partial charge in [0, 0.05) is 49.7 Å². The van der Waals surface area contributed by atoms with Crippen LogP contribution in [0.2, 0.25) is 0 Å². The number of carbonyl (C=O) groups excluding carboxylic acids is 2. The Kier molecular flexibility index (Phi) is 11.0. The molecule has 0 atom stereocenters. The van der Waals surface area contributed by atoms with Crippen molar-refractivity contribution in [2.24, 2.45) is 21.5 Å². The number of aromatic nitrogens is 4. The normalized spacial score (nSPS) is 12.0. The van der Waals surface area contributed by atoms with Crippen LogP contribution in [0.4, 0.5) is 0 Å². The summed E-state index contributed by atoms with van der Waals surface area (Å²) in [5, 5.41) is 5.11. The van der Waals surface area contributed by atoms with Gasteiger partial charge in [0.25, 0.3) is 0 Å². The number of hydrogen-bond donors (Lipinski definition) is 6. The number of unbranched alkanes of at least 4 members (excludes halogenated alkanes) is 1. The minimum Gasteiger partial charge on any atom is -0.370 e. The Labute approximate surface area is 186 Å². The van der Waals surface area contributed by atoms with Crippen molar-refractivity contribution < 1.29 is 9.59 Å². The number of imidazole rings is 2. The molecule has 0 saturated carbocycles. The molecule has 8 N–H and O–H groups in total. The third kappa shape index (κ3) is 10.9. The number of nitrogens with zero attached hydrogens (tertiary/aromatic N) is 4. The summed E-state index contributed by atoms with van der Waals surface area (Å²) in [4.78, 5) is 46.0. The van der Waals surface area contributed by atoms with E-state index in [0.717, 1.165) is 37.1 Å². The molecule has 2 amide bonds. The second-order valence-electron chi connectivity index (χ2n) is 7.20. The number of amides is 2. The number of nitrogens with one attached hydrogen (secondary N) is 4. The van der Waals surface area contributed by atoms with Gasteiger partial charge in [0.2, 0.25) is 11.8 Å². The summed E-state index contributed by atoms with van der Waals surface area (Å²) in [5.41, 5.74) is 13.5. The fourth-order valence-electron chi connectivity index (χ4n) is 2.84. The van der Waals surface area contributed by atoms with E-state index >= 15 is 0 Å². The summed E-state index contributed by atoms with van der Waals surface area (Å²) >= 11 is 0. The second-order valence-corrected chi connectivity index (χ2v) is 7.20. The molecule has 12 nitrogen and oxygen atoms in total. The van der Waals surface area contributed by atoms with E-state index in [2.05, 4.69) is 40.6 Å². The highest BCUT2D eigenvalue weighted by Crippen LogP contribution is 2.01. The molecule has 0 bridgehead atoms. The molecule has 2 rings (SSSR count). The lowest BCUT2D eigenvalue weighted by Gasteiger charge is -2.06. The molecule has 32 heavy (non-hydrogen) atoms. The van der Waals surface area contributed by atoms with Crippen LogP contribution in [-0.2, 0) is 22.4 Å². The number of aromatic amines is 2. The summed E-state index contributed by atoms with van der Waals surface area (Å²) in [6.07, 6.45) is 11.6. The van der Waals surface area contributed by atoms with Crippen LogP contribution < -0.4 is 22.1 Å². The summed E-state index contributed by atoms with van der Waals surface area (Å²) in [6.45, 7) is 1.02. The van der Waals surface area contributed by atoms with Gasteiger partial charge in [0.05, 0.1) is 12.7 Å². The van der Waals surface area contributed by atoms with Crippen molar-refractivity contribution in [3.63, 3.8) is 0 Å². The zero-order valence-corrected chi connectivity index (χ0v) is 18.1. The van der Waals surface area contributed by atoms with E-state index in [0.29, 0.717) is 25.9 Å². The molecule has 0 aliphatic rings. The Morgan fingerprint density at radius 3 is 1.59 bits per heavy atom. The summed E-state index contributed by atoms with van der Waals surface area (Å²) < 4.78 is 0. The number of aliphatic imine (C=N–C) groups is 2. The quantitative estimate of drug-likeness (QED) is 0.144. The van der Waals surface area contributed by atoms with Crippen molar-refractivity contribution in [3.05, 3.63) is 36.4 Å². The van der Waals surface area contributed by atoms with Crippen molar-refractivity contribution in [1.82, 2.24) is 30.6 Å². The molecule has 0 unspecified atom stereocenters. The van der Waals surface area contributed by atoms with Crippen LogP contribution in [0.25, 0.3) is 0 Å². The Morgan fingerprint density at radius 2 is 1.22 bits per heavy atom. The van der Waals surface area contributed by atoms with Crippen molar-refractivity contribution >= 4 is 23.7 Å². The minimum absolute atomic E-state index is 0.105. The second kappa shape index (κ2) is 14.3. The van der Waals surface area contributed by atoms with Crippen LogP contribution in [0.15, 0.2) is 35.0 Å². The maximum absolute atomic E-state index is 11.9. The summed E-state index contributed by atoms with van der Waals surface area (Å²) in [6, 6.07) is 0. The molecule has 2 aromatic heterocycles. The van der Waals surface area contributed by atoms with E-state index in [4.69, 9.17) is 11.5 Å². The Hall–Kier alpha value is -3.70. The van der Waals surface area contributed by atoms with E-state index in [1.165, 1.54) is 0 Å². The van der Waals surface area contributed by atoms with Gasteiger partial charge in [-0.1, -0.05) is 0 Å². The molecule has 12 heteroatoms. The fraction of sp³-hybridized carbons (Fsp3) is 0.500. The summed E-state index contributed by atoms with van der Waals surface area (Å²) in [7, 11) is 0. The number of hydrogen-bond acceptors (Lipinski definition) is 6. The number of nitrogens with two attached hydrogens (primary N) is 2. The SMILES string of the molecule is NC(=NCCCc1cnc[nH]1)NC(=O)CCCCC(=O)NC(N)=NCCCc1cnc[nH]1. The van der Waals surface area contributed by atoms with E-state index in [9.17, 15) is 9.59 Å². The van der Waals surface area contributed by atoms with Crippen LogP contribution >= 0.6 is 0 Å². The Bertz CT molecular complexity index is 787. The van der Waals surface area contributed by atoms with Gasteiger partial charge < -0.3 is 21.4 Å². The zero-order chi connectivity index (χ0) is 23.0. The van der Waals surface area contributed by atoms with Gasteiger partial charge in [-0.15, -0.1) is 0 Å². The van der Waals surface area contributed by atoms with Gasteiger partial charge in [-0.05, 0) is 38.5 Å². The molecule has 2 aromatic rings. The van der Waals surface area contributed by atoms with Gasteiger partial charge in [-0.25, -0.2) is 9.97 Å². The lowest BCUT2D eigenvalue weighted by atomic mass is 10.2. The average Bonchev–Trinajstić information content (AvgIpc) is 3.46. The smallest absolute Gasteiger partial charge is 0.226 e. The zero-order valence-electron chi connectivity index (χ0n) is 18.1. The van der Waals surface area contributed by atoms with Crippen LogP contribution in [0, 0.1) is 0 Å². The van der Waals surface area contributed by atoms with E-state index in [1.54, 1.807) is 25.0 Å². The number of guanidine groups is 2. The monoisotopic (exact) mass is 444 g/mol. The molecule has 0 fully saturated rings. The summed E-state index contributed by atoms with van der Waals surface area (Å²) in [5.74, 6) is -0.236. The first kappa shape index (κ1) is 24.6. The molecular formula is C20H32N10O2. The Morgan fingerprint density at radius 1 is 0.781 bits per heavy atom. The molecule has 0 saturated heterocycles. The molecular weight excluding hydrogens is 412 g/mol. The molecule has 0 spiro atoms. The maximum atomic E-state index is 11.9.